The Bertz CT molecular complexity index is 603. The Labute approximate surface area is 127 Å². The Morgan fingerprint density at radius 3 is 2.24 bits per heavy atom. The molecule has 2 aromatic rings. The highest BCUT2D eigenvalue weighted by molar-refractivity contribution is 5.90. The van der Waals surface area contributed by atoms with Gasteiger partial charge in [-0.3, -0.25) is 0 Å². The summed E-state index contributed by atoms with van der Waals surface area (Å²) in [4.78, 5) is 3.46. The van der Waals surface area contributed by atoms with Crippen LogP contribution < -0.4 is 14.5 Å². The van der Waals surface area contributed by atoms with E-state index in [0.717, 1.165) is 12.3 Å². The molecule has 1 aliphatic rings. The quantitative estimate of drug-likeness (QED) is 0.819. The number of ether oxygens (including phenoxy) is 1. The third-order valence-corrected chi connectivity index (χ3v) is 4.80. The zero-order valence-electron chi connectivity index (χ0n) is 13.1. The van der Waals surface area contributed by atoms with Gasteiger partial charge in [0, 0.05) is 10.9 Å². The average Bonchev–Trinajstić information content (AvgIpc) is 2.56. The van der Waals surface area contributed by atoms with E-state index in [0.29, 0.717) is 0 Å². The molecule has 0 atom stereocenters. The van der Waals surface area contributed by atoms with Gasteiger partial charge in [0.1, 0.15) is 38.5 Å². The van der Waals surface area contributed by atoms with Gasteiger partial charge >= 0.3 is 0 Å². The van der Waals surface area contributed by atoms with E-state index in [1.807, 2.05) is 0 Å². The smallest absolute Gasteiger partial charge is 0.127 e. The summed E-state index contributed by atoms with van der Waals surface area (Å²) < 4.78 is 5.49. The average molecular weight is 286 g/mol. The maximum atomic E-state index is 5.49. The fourth-order valence-electron chi connectivity index (χ4n) is 3.42. The predicted octanol–water partition coefficient (Wildman–Crippen LogP) is 0.152. The normalized spacial score (nSPS) is 22.4. The van der Waals surface area contributed by atoms with Gasteiger partial charge in [-0.2, -0.15) is 0 Å². The van der Waals surface area contributed by atoms with Gasteiger partial charge in [0.15, 0.2) is 0 Å². The fourth-order valence-corrected chi connectivity index (χ4v) is 3.42. The van der Waals surface area contributed by atoms with E-state index in [4.69, 9.17) is 4.74 Å². The van der Waals surface area contributed by atoms with Gasteiger partial charge in [0.05, 0.1) is 13.7 Å². The largest absolute Gasteiger partial charge is 0.496 e. The molecule has 2 aromatic carbocycles. The first-order valence-corrected chi connectivity index (χ1v) is 8.03. The molecule has 0 radical (unpaired) electrons. The molecule has 3 heteroatoms. The van der Waals surface area contributed by atoms with Crippen molar-refractivity contribution in [1.29, 1.82) is 0 Å². The highest BCUT2D eigenvalue weighted by atomic mass is 16.5. The van der Waals surface area contributed by atoms with Crippen LogP contribution in [0.2, 0.25) is 0 Å². The lowest BCUT2D eigenvalue weighted by Crippen LogP contribution is -3.27. The summed E-state index contributed by atoms with van der Waals surface area (Å²) in [6.45, 7) is 9.85. The second-order valence-corrected chi connectivity index (χ2v) is 6.00. The van der Waals surface area contributed by atoms with Crippen molar-refractivity contribution in [3.05, 3.63) is 42.0 Å². The number of rotatable bonds is 4. The number of quaternary nitrogens is 2. The van der Waals surface area contributed by atoms with Gasteiger partial charge in [-0.15, -0.1) is 0 Å². The summed E-state index contributed by atoms with van der Waals surface area (Å²) in [5.74, 6) is 0.976. The molecule has 21 heavy (non-hydrogen) atoms. The molecule has 3 nitrogen and oxygen atoms in total. The Morgan fingerprint density at radius 2 is 1.57 bits per heavy atom. The first-order valence-electron chi connectivity index (χ1n) is 8.03. The molecule has 3 rings (SSSR count). The first kappa shape index (κ1) is 14.4. The number of hydrogen-bond donors (Lipinski definition) is 2. The number of methoxy groups -OCH3 is 1. The molecule has 1 aliphatic heterocycles. The summed E-state index contributed by atoms with van der Waals surface area (Å²) >= 11 is 0. The Morgan fingerprint density at radius 1 is 0.905 bits per heavy atom. The second-order valence-electron chi connectivity index (χ2n) is 6.00. The van der Waals surface area contributed by atoms with E-state index in [2.05, 4.69) is 43.3 Å². The van der Waals surface area contributed by atoms with Crippen LogP contribution in [0.1, 0.15) is 12.5 Å². The van der Waals surface area contributed by atoms with Gasteiger partial charge < -0.3 is 14.5 Å². The zero-order chi connectivity index (χ0) is 14.7. The minimum absolute atomic E-state index is 0.976. The summed E-state index contributed by atoms with van der Waals surface area (Å²) in [6, 6.07) is 13.0. The summed E-state index contributed by atoms with van der Waals surface area (Å²) in [6.07, 6.45) is 0. The molecule has 1 fully saturated rings. The van der Waals surface area contributed by atoms with Crippen molar-refractivity contribution < 1.29 is 14.5 Å². The second kappa shape index (κ2) is 6.46. The molecule has 0 spiro atoms. The highest BCUT2D eigenvalue weighted by Gasteiger charge is 2.22. The Balaban J connectivity index is 1.82. The number of hydrogen-bond acceptors (Lipinski definition) is 1. The van der Waals surface area contributed by atoms with Crippen molar-refractivity contribution in [3.63, 3.8) is 0 Å². The Hall–Kier alpha value is -1.58. The van der Waals surface area contributed by atoms with Crippen LogP contribution in [0.4, 0.5) is 0 Å². The number of nitrogens with one attached hydrogen (secondary N) is 2. The molecular formula is C18H26N2O+2. The lowest BCUT2D eigenvalue weighted by molar-refractivity contribution is -1.02. The monoisotopic (exact) mass is 286 g/mol. The van der Waals surface area contributed by atoms with E-state index >= 15 is 0 Å². The van der Waals surface area contributed by atoms with Crippen LogP contribution in [0, 0.1) is 0 Å². The van der Waals surface area contributed by atoms with Gasteiger partial charge in [-0.25, -0.2) is 0 Å². The van der Waals surface area contributed by atoms with Gasteiger partial charge in [-0.05, 0) is 24.4 Å². The molecule has 2 N–H and O–H groups in total. The fraction of sp³-hybridized carbons (Fsp3) is 0.444. The standard InChI is InChI=1S/C18H24N2O/c1-3-19-10-12-20(13-11-19)14-15-8-9-18(21-2)17-7-5-4-6-16(15)17/h4-9H,3,10-14H2,1-2H3/p+2. The molecular weight excluding hydrogens is 260 g/mol. The third kappa shape index (κ3) is 3.04. The Kier molecular flexibility index (Phi) is 4.42. The molecule has 0 unspecified atom stereocenters. The molecule has 0 saturated carbocycles. The summed E-state index contributed by atoms with van der Waals surface area (Å²) in [5, 5.41) is 2.57. The van der Waals surface area contributed by atoms with E-state index in [-0.39, 0.29) is 0 Å². The van der Waals surface area contributed by atoms with E-state index in [1.54, 1.807) is 16.9 Å². The topological polar surface area (TPSA) is 18.1 Å². The first-order chi connectivity index (χ1) is 10.3. The number of likely N-dealkylation sites (N-methyl/N-ethyl adjacent to an activating group) is 1. The van der Waals surface area contributed by atoms with Crippen LogP contribution in [-0.2, 0) is 6.54 Å². The van der Waals surface area contributed by atoms with Gasteiger partial charge in [0.25, 0.3) is 0 Å². The maximum Gasteiger partial charge on any atom is 0.127 e. The minimum atomic E-state index is 0.976. The van der Waals surface area contributed by atoms with Crippen molar-refractivity contribution in [2.45, 2.75) is 13.5 Å². The molecule has 112 valence electrons. The lowest BCUT2D eigenvalue weighted by atomic mass is 10.0. The van der Waals surface area contributed by atoms with Gasteiger partial charge in [0.2, 0.25) is 0 Å². The van der Waals surface area contributed by atoms with Crippen LogP contribution in [0.25, 0.3) is 10.8 Å². The van der Waals surface area contributed by atoms with Crippen LogP contribution in [0.15, 0.2) is 36.4 Å². The summed E-state index contributed by atoms with van der Waals surface area (Å²) in [7, 11) is 1.75. The zero-order valence-corrected chi connectivity index (χ0v) is 13.1. The molecule has 0 aliphatic carbocycles. The minimum Gasteiger partial charge on any atom is -0.496 e. The van der Waals surface area contributed by atoms with Crippen LogP contribution in [0.3, 0.4) is 0 Å². The van der Waals surface area contributed by atoms with E-state index in [1.165, 1.54) is 49.1 Å². The number of fused-ring (bicyclic) bond motifs is 1. The summed E-state index contributed by atoms with van der Waals surface area (Å²) in [5.41, 5.74) is 1.45. The lowest BCUT2D eigenvalue weighted by Gasteiger charge is -2.29. The molecule has 1 saturated heterocycles. The third-order valence-electron chi connectivity index (χ3n) is 4.80. The molecule has 0 amide bonds. The number of piperazine rings is 1. The highest BCUT2D eigenvalue weighted by Crippen LogP contribution is 2.27. The van der Waals surface area contributed by atoms with E-state index < -0.39 is 0 Å². The van der Waals surface area contributed by atoms with Crippen LogP contribution >= 0.6 is 0 Å². The maximum absolute atomic E-state index is 5.49. The van der Waals surface area contributed by atoms with Crippen molar-refractivity contribution >= 4 is 10.8 Å². The van der Waals surface area contributed by atoms with Gasteiger partial charge in [-0.1, -0.05) is 24.3 Å². The van der Waals surface area contributed by atoms with Crippen LogP contribution in [-0.4, -0.2) is 39.8 Å². The van der Waals surface area contributed by atoms with Crippen molar-refractivity contribution in [3.8, 4) is 5.75 Å². The molecule has 0 bridgehead atoms. The van der Waals surface area contributed by atoms with Crippen LogP contribution in [0.5, 0.6) is 5.75 Å². The van der Waals surface area contributed by atoms with Crippen molar-refractivity contribution in [1.82, 2.24) is 0 Å². The van der Waals surface area contributed by atoms with Crippen molar-refractivity contribution in [2.75, 3.05) is 39.8 Å². The number of benzene rings is 2. The molecule has 0 aromatic heterocycles. The van der Waals surface area contributed by atoms with E-state index in [9.17, 15) is 0 Å². The molecule has 1 heterocycles. The predicted molar refractivity (Wildman–Crippen MR) is 86.1 cm³/mol. The SMILES string of the molecule is CC[NH+]1CC[NH+](Cc2ccc(OC)c3ccccc23)CC1. The van der Waals surface area contributed by atoms with Crippen molar-refractivity contribution in [2.24, 2.45) is 0 Å².